The zero-order chi connectivity index (χ0) is 16.2. The molecular weight excluding hydrogens is 354 g/mol. The zero-order valence-corrected chi connectivity index (χ0v) is 14.3. The lowest BCUT2D eigenvalue weighted by Gasteiger charge is -2.10. The fourth-order valence-electron chi connectivity index (χ4n) is 2.39. The minimum absolute atomic E-state index is 0.302. The van der Waals surface area contributed by atoms with Crippen molar-refractivity contribution in [3.63, 3.8) is 0 Å². The highest BCUT2D eigenvalue weighted by atomic mass is 79.9. The first kappa shape index (κ1) is 15.7. The molecule has 3 aromatic rings. The van der Waals surface area contributed by atoms with Crippen LogP contribution in [0.4, 0.5) is 0 Å². The molecule has 3 rings (SSSR count). The molecule has 1 aromatic heterocycles. The van der Waals surface area contributed by atoms with Gasteiger partial charge in [0.25, 0.3) is 0 Å². The zero-order valence-electron chi connectivity index (χ0n) is 12.8. The third kappa shape index (κ3) is 3.42. The van der Waals surface area contributed by atoms with Crippen molar-refractivity contribution >= 4 is 32.8 Å². The Morgan fingerprint density at radius 1 is 1.13 bits per heavy atom. The summed E-state index contributed by atoms with van der Waals surface area (Å²) in [6, 6.07) is 17.3. The van der Waals surface area contributed by atoms with Gasteiger partial charge in [-0.25, -0.2) is 9.78 Å². The number of esters is 1. The third-order valence-electron chi connectivity index (χ3n) is 3.51. The maximum Gasteiger partial charge on any atom is 0.338 e. The van der Waals surface area contributed by atoms with Gasteiger partial charge in [0.1, 0.15) is 0 Å². The summed E-state index contributed by atoms with van der Waals surface area (Å²) in [6.07, 6.45) is 0.800. The molecule has 0 aliphatic heterocycles. The average Bonchev–Trinajstić information content (AvgIpc) is 2.59. The second-order valence-corrected chi connectivity index (χ2v) is 6.13. The van der Waals surface area contributed by atoms with E-state index in [1.807, 2.05) is 61.5 Å². The highest BCUT2D eigenvalue weighted by Crippen LogP contribution is 2.26. The summed E-state index contributed by atoms with van der Waals surface area (Å²) < 4.78 is 6.33. The fraction of sp³-hybridized carbons (Fsp3) is 0.158. The van der Waals surface area contributed by atoms with E-state index in [4.69, 9.17) is 4.74 Å². The molecule has 23 heavy (non-hydrogen) atoms. The lowest BCUT2D eigenvalue weighted by atomic mass is 10.0. The summed E-state index contributed by atoms with van der Waals surface area (Å²) >= 11 is 3.43. The Morgan fingerprint density at radius 2 is 1.87 bits per heavy atom. The van der Waals surface area contributed by atoms with Crippen molar-refractivity contribution in [3.05, 3.63) is 64.6 Å². The molecule has 1 heterocycles. The Kier molecular flexibility index (Phi) is 4.72. The number of fused-ring (bicyclic) bond motifs is 1. The van der Waals surface area contributed by atoms with Crippen LogP contribution in [0.5, 0.6) is 0 Å². The van der Waals surface area contributed by atoms with E-state index in [0.29, 0.717) is 12.2 Å². The Hall–Kier alpha value is -2.20. The third-order valence-corrected chi connectivity index (χ3v) is 4.04. The summed E-state index contributed by atoms with van der Waals surface area (Å²) in [6.45, 7) is 2.40. The Morgan fingerprint density at radius 3 is 2.61 bits per heavy atom. The van der Waals surface area contributed by atoms with E-state index in [1.54, 1.807) is 0 Å². The van der Waals surface area contributed by atoms with Gasteiger partial charge in [-0.3, -0.25) is 0 Å². The Balaban J connectivity index is 2.13. The van der Waals surface area contributed by atoms with Crippen molar-refractivity contribution < 1.29 is 9.53 Å². The average molecular weight is 370 g/mol. The highest BCUT2D eigenvalue weighted by Gasteiger charge is 2.14. The van der Waals surface area contributed by atoms with Crippen molar-refractivity contribution in [1.82, 2.24) is 4.98 Å². The number of carbonyl (C=O) groups excluding carboxylic acids is 1. The number of para-hydroxylation sites is 1. The van der Waals surface area contributed by atoms with Gasteiger partial charge in [0, 0.05) is 15.4 Å². The van der Waals surface area contributed by atoms with Crippen molar-refractivity contribution in [2.24, 2.45) is 0 Å². The smallest absolute Gasteiger partial charge is 0.338 e. The first-order valence-corrected chi connectivity index (χ1v) is 8.31. The molecule has 0 saturated heterocycles. The maximum absolute atomic E-state index is 12.4. The van der Waals surface area contributed by atoms with Gasteiger partial charge in [-0.1, -0.05) is 53.2 Å². The molecule has 0 unspecified atom stereocenters. The number of hydrogen-bond acceptors (Lipinski definition) is 3. The second kappa shape index (κ2) is 6.92. The van der Waals surface area contributed by atoms with Crippen molar-refractivity contribution in [3.8, 4) is 11.3 Å². The summed E-state index contributed by atoms with van der Waals surface area (Å²) in [5.74, 6) is -0.302. The molecule has 4 heteroatoms. The van der Waals surface area contributed by atoms with Crippen LogP contribution >= 0.6 is 15.9 Å². The van der Waals surface area contributed by atoms with Crippen LogP contribution in [-0.4, -0.2) is 17.6 Å². The number of nitrogens with zero attached hydrogens (tertiary/aromatic N) is 1. The molecule has 0 aliphatic rings. The summed E-state index contributed by atoms with van der Waals surface area (Å²) in [5.41, 5.74) is 3.07. The van der Waals surface area contributed by atoms with Crippen LogP contribution in [0, 0.1) is 0 Å². The van der Waals surface area contributed by atoms with Crippen LogP contribution < -0.4 is 0 Å². The summed E-state index contributed by atoms with van der Waals surface area (Å²) in [5, 5.41) is 0.814. The first-order valence-electron chi connectivity index (χ1n) is 7.52. The molecule has 0 fully saturated rings. The van der Waals surface area contributed by atoms with Crippen LogP contribution in [-0.2, 0) is 4.74 Å². The predicted octanol–water partition coefficient (Wildman–Crippen LogP) is 5.23. The minimum Gasteiger partial charge on any atom is -0.462 e. The van der Waals surface area contributed by atoms with E-state index >= 15 is 0 Å². The molecular formula is C19H16BrNO2. The number of benzene rings is 2. The number of ether oxygens (including phenoxy) is 1. The highest BCUT2D eigenvalue weighted by molar-refractivity contribution is 9.10. The predicted molar refractivity (Wildman–Crippen MR) is 95.5 cm³/mol. The number of rotatable bonds is 4. The molecule has 0 radical (unpaired) electrons. The molecule has 0 N–H and O–H groups in total. The molecule has 0 saturated carbocycles. The van der Waals surface area contributed by atoms with Crippen molar-refractivity contribution in [2.45, 2.75) is 13.3 Å². The second-order valence-electron chi connectivity index (χ2n) is 5.22. The van der Waals surface area contributed by atoms with E-state index in [-0.39, 0.29) is 5.97 Å². The number of pyridine rings is 1. The molecule has 0 spiro atoms. The Labute approximate surface area is 143 Å². The molecule has 0 amide bonds. The van der Waals surface area contributed by atoms with E-state index in [9.17, 15) is 4.79 Å². The van der Waals surface area contributed by atoms with Gasteiger partial charge >= 0.3 is 5.97 Å². The molecule has 3 nitrogen and oxygen atoms in total. The number of hydrogen-bond donors (Lipinski definition) is 0. The van der Waals surface area contributed by atoms with E-state index in [0.717, 1.165) is 33.1 Å². The normalized spacial score (nSPS) is 10.7. The molecule has 0 atom stereocenters. The monoisotopic (exact) mass is 369 g/mol. The molecule has 0 bridgehead atoms. The van der Waals surface area contributed by atoms with Gasteiger partial charge in [0.05, 0.1) is 23.4 Å². The minimum atomic E-state index is -0.302. The van der Waals surface area contributed by atoms with Gasteiger partial charge in [-0.2, -0.15) is 0 Å². The lowest BCUT2D eigenvalue weighted by molar-refractivity contribution is 0.0507. The van der Waals surface area contributed by atoms with Crippen molar-refractivity contribution in [2.75, 3.05) is 6.61 Å². The van der Waals surface area contributed by atoms with Gasteiger partial charge in [0.2, 0.25) is 0 Å². The standard InChI is InChI=1S/C19H16BrNO2/c1-2-11-23-19(22)16-12-18(13-7-9-14(20)10-8-13)21-17-6-4-3-5-15(16)17/h3-10,12H,2,11H2,1H3. The quantitative estimate of drug-likeness (QED) is 0.591. The SMILES string of the molecule is CCCOC(=O)c1cc(-c2ccc(Br)cc2)nc2ccccc12. The fourth-order valence-corrected chi connectivity index (χ4v) is 2.65. The topological polar surface area (TPSA) is 39.2 Å². The van der Waals surface area contributed by atoms with E-state index < -0.39 is 0 Å². The Bertz CT molecular complexity index is 844. The molecule has 2 aromatic carbocycles. The van der Waals surface area contributed by atoms with Gasteiger partial charge < -0.3 is 4.74 Å². The maximum atomic E-state index is 12.4. The van der Waals surface area contributed by atoms with E-state index in [2.05, 4.69) is 20.9 Å². The van der Waals surface area contributed by atoms with Crippen molar-refractivity contribution in [1.29, 1.82) is 0 Å². The van der Waals surface area contributed by atoms with Gasteiger partial charge in [-0.05, 0) is 30.7 Å². The summed E-state index contributed by atoms with van der Waals surface area (Å²) in [4.78, 5) is 17.1. The number of halogens is 1. The van der Waals surface area contributed by atoms with Gasteiger partial charge in [-0.15, -0.1) is 0 Å². The van der Waals surface area contributed by atoms with Crippen LogP contribution in [0.15, 0.2) is 59.1 Å². The summed E-state index contributed by atoms with van der Waals surface area (Å²) in [7, 11) is 0. The molecule has 0 aliphatic carbocycles. The van der Waals surface area contributed by atoms with Gasteiger partial charge in [0.15, 0.2) is 0 Å². The largest absolute Gasteiger partial charge is 0.462 e. The van der Waals surface area contributed by atoms with E-state index in [1.165, 1.54) is 0 Å². The number of aromatic nitrogens is 1. The lowest BCUT2D eigenvalue weighted by Crippen LogP contribution is -2.07. The number of carbonyl (C=O) groups is 1. The van der Waals surface area contributed by atoms with Crippen LogP contribution in [0.1, 0.15) is 23.7 Å². The molecule has 116 valence electrons. The van der Waals surface area contributed by atoms with Crippen LogP contribution in [0.25, 0.3) is 22.2 Å². The first-order chi connectivity index (χ1) is 11.2. The van der Waals surface area contributed by atoms with Crippen LogP contribution in [0.2, 0.25) is 0 Å². The van der Waals surface area contributed by atoms with Crippen LogP contribution in [0.3, 0.4) is 0 Å².